The van der Waals surface area contributed by atoms with E-state index >= 15 is 0 Å². The Bertz CT molecular complexity index is 783. The highest BCUT2D eigenvalue weighted by molar-refractivity contribution is 7.14. The fourth-order valence-corrected chi connectivity index (χ4v) is 4.45. The summed E-state index contributed by atoms with van der Waals surface area (Å²) >= 11 is 2.78. The van der Waals surface area contributed by atoms with Crippen LogP contribution in [-0.4, -0.2) is 24.3 Å². The van der Waals surface area contributed by atoms with Gasteiger partial charge in [0.2, 0.25) is 0 Å². The van der Waals surface area contributed by atoms with E-state index in [-0.39, 0.29) is 18.4 Å². The van der Waals surface area contributed by atoms with Gasteiger partial charge in [-0.15, -0.1) is 22.7 Å². The van der Waals surface area contributed by atoms with E-state index in [9.17, 15) is 14.4 Å². The Labute approximate surface area is 153 Å². The fraction of sp³-hybridized carbons (Fsp3) is 0.353. The van der Waals surface area contributed by atoms with Crippen LogP contribution in [0.15, 0.2) is 23.6 Å². The molecule has 0 fully saturated rings. The van der Waals surface area contributed by atoms with Crippen molar-refractivity contribution in [2.75, 3.05) is 6.54 Å². The van der Waals surface area contributed by atoms with E-state index in [1.54, 1.807) is 17.5 Å². The zero-order chi connectivity index (χ0) is 17.8. The van der Waals surface area contributed by atoms with Crippen molar-refractivity contribution in [1.29, 1.82) is 0 Å². The highest BCUT2D eigenvalue weighted by atomic mass is 32.1. The average molecular weight is 377 g/mol. The third kappa shape index (κ3) is 4.46. The molecule has 6 nitrogen and oxygen atoms in total. The molecular formula is C17H19N3O3S2. The second-order valence-electron chi connectivity index (χ2n) is 6.07. The first-order chi connectivity index (χ1) is 12.0. The molecule has 0 aliphatic heterocycles. The van der Waals surface area contributed by atoms with Crippen molar-refractivity contribution in [3.63, 3.8) is 0 Å². The third-order valence-corrected chi connectivity index (χ3v) is 6.13. The Morgan fingerprint density at radius 3 is 2.80 bits per heavy atom. The first-order valence-electron chi connectivity index (χ1n) is 8.05. The molecule has 0 unspecified atom stereocenters. The van der Waals surface area contributed by atoms with E-state index in [0.29, 0.717) is 15.7 Å². The number of hydrogen-bond acceptors (Lipinski definition) is 5. The zero-order valence-electron chi connectivity index (χ0n) is 13.8. The number of rotatable bonds is 4. The fourth-order valence-electron chi connectivity index (χ4n) is 2.71. The van der Waals surface area contributed by atoms with Crippen LogP contribution in [0.1, 0.15) is 43.1 Å². The molecule has 0 bridgehead atoms. The lowest BCUT2D eigenvalue weighted by Crippen LogP contribution is -2.46. The molecule has 1 aliphatic carbocycles. The first-order valence-corrected chi connectivity index (χ1v) is 9.75. The quantitative estimate of drug-likeness (QED) is 0.713. The van der Waals surface area contributed by atoms with E-state index in [1.165, 1.54) is 33.1 Å². The maximum absolute atomic E-state index is 12.2. The second kappa shape index (κ2) is 7.79. The minimum absolute atomic E-state index is 0.199. The summed E-state index contributed by atoms with van der Waals surface area (Å²) in [7, 11) is 0. The Balaban J connectivity index is 1.46. The van der Waals surface area contributed by atoms with Gasteiger partial charge in [-0.1, -0.05) is 13.0 Å². The van der Waals surface area contributed by atoms with Crippen molar-refractivity contribution in [3.8, 4) is 0 Å². The van der Waals surface area contributed by atoms with Crippen LogP contribution in [0.4, 0.5) is 0 Å². The Morgan fingerprint density at radius 2 is 2.04 bits per heavy atom. The summed E-state index contributed by atoms with van der Waals surface area (Å²) in [6.07, 6.45) is 3.16. The average Bonchev–Trinajstić information content (AvgIpc) is 3.26. The highest BCUT2D eigenvalue weighted by Crippen LogP contribution is 2.32. The molecule has 1 atom stereocenters. The van der Waals surface area contributed by atoms with Gasteiger partial charge in [-0.3, -0.25) is 25.2 Å². The van der Waals surface area contributed by atoms with Gasteiger partial charge in [0, 0.05) is 4.88 Å². The molecule has 3 N–H and O–H groups in total. The summed E-state index contributed by atoms with van der Waals surface area (Å²) in [4.78, 5) is 38.1. The zero-order valence-corrected chi connectivity index (χ0v) is 15.4. The lowest BCUT2D eigenvalue weighted by Gasteiger charge is -2.16. The van der Waals surface area contributed by atoms with Crippen molar-refractivity contribution >= 4 is 40.4 Å². The molecule has 2 heterocycles. The van der Waals surface area contributed by atoms with Crippen molar-refractivity contribution in [2.45, 2.75) is 26.2 Å². The Morgan fingerprint density at radius 1 is 1.20 bits per heavy atom. The number of nitrogens with one attached hydrogen (secondary N) is 3. The number of aryl methyl sites for hydroxylation is 1. The summed E-state index contributed by atoms with van der Waals surface area (Å²) in [6.45, 7) is 2.01. The molecule has 0 aromatic carbocycles. The van der Waals surface area contributed by atoms with Gasteiger partial charge in [-0.2, -0.15) is 0 Å². The summed E-state index contributed by atoms with van der Waals surface area (Å²) in [6, 6.07) is 5.36. The molecule has 3 rings (SSSR count). The molecule has 0 spiro atoms. The van der Waals surface area contributed by atoms with Crippen LogP contribution < -0.4 is 16.2 Å². The molecule has 2 aromatic heterocycles. The van der Waals surface area contributed by atoms with Crippen molar-refractivity contribution in [3.05, 3.63) is 43.8 Å². The van der Waals surface area contributed by atoms with Gasteiger partial charge in [-0.05, 0) is 48.3 Å². The van der Waals surface area contributed by atoms with Gasteiger partial charge in [0.1, 0.15) is 0 Å². The number of fused-ring (bicyclic) bond motifs is 1. The summed E-state index contributed by atoms with van der Waals surface area (Å²) in [5.41, 5.74) is 5.97. The summed E-state index contributed by atoms with van der Waals surface area (Å²) < 4.78 is 0. The van der Waals surface area contributed by atoms with Crippen LogP contribution in [0.3, 0.4) is 0 Å². The summed E-state index contributed by atoms with van der Waals surface area (Å²) in [5.74, 6) is -0.473. The molecule has 0 saturated heterocycles. The second-order valence-corrected chi connectivity index (χ2v) is 8.15. The molecule has 25 heavy (non-hydrogen) atoms. The van der Waals surface area contributed by atoms with Gasteiger partial charge in [0.05, 0.1) is 16.3 Å². The van der Waals surface area contributed by atoms with Crippen LogP contribution in [0.25, 0.3) is 0 Å². The Kier molecular flexibility index (Phi) is 5.50. The van der Waals surface area contributed by atoms with E-state index < -0.39 is 5.91 Å². The number of carbonyl (C=O) groups is 3. The molecule has 0 radical (unpaired) electrons. The lowest BCUT2D eigenvalue weighted by molar-refractivity contribution is -0.120. The molecule has 132 valence electrons. The molecule has 3 amide bonds. The van der Waals surface area contributed by atoms with Crippen LogP contribution in [0.2, 0.25) is 0 Å². The smallest absolute Gasteiger partial charge is 0.279 e. The molecule has 1 aliphatic rings. The van der Waals surface area contributed by atoms with E-state index in [2.05, 4.69) is 23.1 Å². The maximum Gasteiger partial charge on any atom is 0.279 e. The molecular weight excluding hydrogens is 358 g/mol. The van der Waals surface area contributed by atoms with Crippen molar-refractivity contribution in [2.24, 2.45) is 5.92 Å². The first kappa shape index (κ1) is 17.6. The third-order valence-electron chi connectivity index (χ3n) is 4.02. The topological polar surface area (TPSA) is 87.3 Å². The van der Waals surface area contributed by atoms with Crippen LogP contribution in [0.5, 0.6) is 0 Å². The minimum Gasteiger partial charge on any atom is -0.342 e. The number of thiophene rings is 2. The number of amides is 3. The number of hydrazine groups is 1. The number of carbonyl (C=O) groups excluding carboxylic acids is 3. The van der Waals surface area contributed by atoms with Crippen LogP contribution in [-0.2, 0) is 17.6 Å². The maximum atomic E-state index is 12.2. The molecule has 0 saturated carbocycles. The van der Waals surface area contributed by atoms with Gasteiger partial charge in [0.25, 0.3) is 17.7 Å². The van der Waals surface area contributed by atoms with Gasteiger partial charge in [0.15, 0.2) is 0 Å². The lowest BCUT2D eigenvalue weighted by atomic mass is 9.90. The molecule has 8 heteroatoms. The Hall–Kier alpha value is -2.19. The van der Waals surface area contributed by atoms with Crippen molar-refractivity contribution in [1.82, 2.24) is 16.2 Å². The van der Waals surface area contributed by atoms with E-state index in [4.69, 9.17) is 0 Å². The normalized spacial score (nSPS) is 16.0. The van der Waals surface area contributed by atoms with E-state index in [0.717, 1.165) is 19.3 Å². The van der Waals surface area contributed by atoms with Gasteiger partial charge in [-0.25, -0.2) is 0 Å². The van der Waals surface area contributed by atoms with Crippen LogP contribution in [0, 0.1) is 5.92 Å². The largest absolute Gasteiger partial charge is 0.342 e. The van der Waals surface area contributed by atoms with Gasteiger partial charge < -0.3 is 5.32 Å². The predicted octanol–water partition coefficient (Wildman–Crippen LogP) is 2.13. The molecule has 2 aromatic rings. The predicted molar refractivity (Wildman–Crippen MR) is 97.8 cm³/mol. The minimum atomic E-state index is -0.479. The SMILES string of the molecule is C[C@@H]1CCc2sc(C(=O)NNC(=O)CNC(=O)c3cccs3)cc2C1. The van der Waals surface area contributed by atoms with Crippen molar-refractivity contribution < 1.29 is 14.4 Å². The monoisotopic (exact) mass is 377 g/mol. The number of hydrogen-bond donors (Lipinski definition) is 3. The standard InChI is InChI=1S/C17H19N3O3S2/c1-10-4-5-12-11(7-10)8-14(25-12)17(23)20-19-15(21)9-18-16(22)13-3-2-6-24-13/h2-3,6,8,10H,4-5,7,9H2,1H3,(H,18,22)(H,19,21)(H,20,23)/t10-/m1/s1. The van der Waals surface area contributed by atoms with Crippen LogP contribution >= 0.6 is 22.7 Å². The summed E-state index contributed by atoms with van der Waals surface area (Å²) in [5, 5.41) is 4.29. The highest BCUT2D eigenvalue weighted by Gasteiger charge is 2.20. The van der Waals surface area contributed by atoms with E-state index in [1.807, 2.05) is 6.07 Å². The van der Waals surface area contributed by atoms with Gasteiger partial charge >= 0.3 is 0 Å².